The molecule has 0 amide bonds. The van der Waals surface area contributed by atoms with Gasteiger partial charge in [0, 0.05) is 18.2 Å². The van der Waals surface area contributed by atoms with Gasteiger partial charge in [-0.1, -0.05) is 12.2 Å². The molecule has 6 heteroatoms. The highest BCUT2D eigenvalue weighted by Gasteiger charge is 2.19. The Hall–Kier alpha value is -2.21. The Labute approximate surface area is 103 Å². The summed E-state index contributed by atoms with van der Waals surface area (Å²) in [6.45, 7) is 1.37. The Morgan fingerprint density at radius 3 is 2.67 bits per heavy atom. The number of carboxylic acid groups (broad SMARTS) is 1. The zero-order chi connectivity index (χ0) is 13.7. The molecule has 0 atom stereocenters. The summed E-state index contributed by atoms with van der Waals surface area (Å²) in [5, 5.41) is 28.4. The van der Waals surface area contributed by atoms with Crippen LogP contribution in [0, 0.1) is 17.0 Å². The van der Waals surface area contributed by atoms with Crippen molar-refractivity contribution in [1.29, 1.82) is 0 Å². The molecule has 0 radical (unpaired) electrons. The van der Waals surface area contributed by atoms with Gasteiger partial charge in [-0.05, 0) is 25.0 Å². The predicted molar refractivity (Wildman–Crippen MR) is 65.5 cm³/mol. The van der Waals surface area contributed by atoms with Gasteiger partial charge < -0.3 is 10.2 Å². The third-order valence-electron chi connectivity index (χ3n) is 2.44. The van der Waals surface area contributed by atoms with Crippen LogP contribution in [0.5, 0.6) is 0 Å². The van der Waals surface area contributed by atoms with Crippen molar-refractivity contribution in [1.82, 2.24) is 0 Å². The van der Waals surface area contributed by atoms with E-state index in [1.807, 2.05) is 0 Å². The fourth-order valence-corrected chi connectivity index (χ4v) is 1.52. The molecule has 0 aliphatic heterocycles. The molecule has 1 aromatic carbocycles. The second-order valence-corrected chi connectivity index (χ2v) is 3.69. The molecular formula is C12H13NO5. The van der Waals surface area contributed by atoms with Crippen LogP contribution < -0.4 is 0 Å². The van der Waals surface area contributed by atoms with E-state index in [2.05, 4.69) is 0 Å². The average molecular weight is 251 g/mol. The quantitative estimate of drug-likeness (QED) is 0.615. The highest BCUT2D eigenvalue weighted by molar-refractivity contribution is 5.91. The first-order chi connectivity index (χ1) is 8.47. The molecule has 0 spiro atoms. The van der Waals surface area contributed by atoms with Gasteiger partial charge in [0.05, 0.1) is 10.5 Å². The topological polar surface area (TPSA) is 101 Å². The number of nitrogens with zero attached hydrogens (tertiary/aromatic N) is 1. The van der Waals surface area contributed by atoms with E-state index in [0.717, 1.165) is 0 Å². The van der Waals surface area contributed by atoms with Crippen molar-refractivity contribution in [2.75, 3.05) is 6.61 Å². The molecule has 0 saturated heterocycles. The number of benzene rings is 1. The number of aliphatic hydroxyl groups is 1. The second-order valence-electron chi connectivity index (χ2n) is 3.69. The number of carboxylic acids is 1. The summed E-state index contributed by atoms with van der Waals surface area (Å²) in [4.78, 5) is 21.2. The van der Waals surface area contributed by atoms with Crippen molar-refractivity contribution in [3.8, 4) is 0 Å². The van der Waals surface area contributed by atoms with Gasteiger partial charge >= 0.3 is 5.97 Å². The molecule has 1 aromatic rings. The fraction of sp³-hybridized carbons (Fsp3) is 0.250. The summed E-state index contributed by atoms with van der Waals surface area (Å²) < 4.78 is 0. The molecule has 1 rings (SSSR count). The molecule has 0 aliphatic rings. The lowest BCUT2D eigenvalue weighted by atomic mass is 10.0. The van der Waals surface area contributed by atoms with Crippen molar-refractivity contribution in [2.45, 2.75) is 13.3 Å². The molecule has 0 unspecified atom stereocenters. The number of nitro benzene ring substituents is 1. The van der Waals surface area contributed by atoms with Crippen molar-refractivity contribution in [2.24, 2.45) is 0 Å². The zero-order valence-electron chi connectivity index (χ0n) is 9.79. The predicted octanol–water partition coefficient (Wildman–Crippen LogP) is 2.00. The molecule has 0 bridgehead atoms. The summed E-state index contributed by atoms with van der Waals surface area (Å²) in [5.74, 6) is -1.20. The normalized spacial score (nSPS) is 10.8. The third kappa shape index (κ3) is 3.14. The van der Waals surface area contributed by atoms with E-state index in [1.54, 1.807) is 12.2 Å². The van der Waals surface area contributed by atoms with E-state index in [-0.39, 0.29) is 23.4 Å². The fourth-order valence-electron chi connectivity index (χ4n) is 1.52. The molecule has 0 saturated carbocycles. The summed E-state index contributed by atoms with van der Waals surface area (Å²) in [6.07, 6.45) is 3.58. The van der Waals surface area contributed by atoms with E-state index in [4.69, 9.17) is 10.2 Å². The monoisotopic (exact) mass is 251 g/mol. The maximum atomic E-state index is 11.0. The van der Waals surface area contributed by atoms with Gasteiger partial charge in [0.15, 0.2) is 0 Å². The van der Waals surface area contributed by atoms with Crippen molar-refractivity contribution >= 4 is 17.7 Å². The standard InChI is InChI=1S/C12H13NO5/c1-8-10(12(15)16)6-9(4-2-3-5-14)7-11(8)13(17)18/h2,4,6-7,14H,3,5H2,1H3,(H,15,16). The minimum absolute atomic E-state index is 0.0315. The lowest BCUT2D eigenvalue weighted by Gasteiger charge is -2.04. The molecule has 0 aliphatic carbocycles. The highest BCUT2D eigenvalue weighted by atomic mass is 16.6. The van der Waals surface area contributed by atoms with Crippen LogP contribution in [0.25, 0.3) is 6.08 Å². The molecule has 2 N–H and O–H groups in total. The molecule has 18 heavy (non-hydrogen) atoms. The van der Waals surface area contributed by atoms with Gasteiger partial charge in [-0.3, -0.25) is 10.1 Å². The van der Waals surface area contributed by atoms with Crippen LogP contribution in [-0.4, -0.2) is 27.7 Å². The number of aliphatic hydroxyl groups excluding tert-OH is 1. The summed E-state index contributed by atoms with van der Waals surface area (Å²) in [7, 11) is 0. The molecule has 0 fully saturated rings. The van der Waals surface area contributed by atoms with Crippen LogP contribution in [0.4, 0.5) is 5.69 Å². The molecule has 0 aromatic heterocycles. The van der Waals surface area contributed by atoms with Crippen molar-refractivity contribution in [3.63, 3.8) is 0 Å². The number of aromatic carboxylic acids is 1. The largest absolute Gasteiger partial charge is 0.478 e. The Bertz CT molecular complexity index is 472. The summed E-state index contributed by atoms with van der Waals surface area (Å²) in [5.41, 5.74) is 0.247. The highest BCUT2D eigenvalue weighted by Crippen LogP contribution is 2.24. The number of nitro groups is 1. The van der Waals surface area contributed by atoms with Crippen molar-refractivity contribution < 1.29 is 19.9 Å². The Kier molecular flexibility index (Phi) is 4.56. The van der Waals surface area contributed by atoms with Crippen molar-refractivity contribution in [3.05, 3.63) is 45.0 Å². The minimum Gasteiger partial charge on any atom is -0.478 e. The van der Waals surface area contributed by atoms with E-state index >= 15 is 0 Å². The number of hydrogen-bond donors (Lipinski definition) is 2. The van der Waals surface area contributed by atoms with Crippen LogP contribution >= 0.6 is 0 Å². The maximum absolute atomic E-state index is 11.0. The van der Waals surface area contributed by atoms with E-state index in [0.29, 0.717) is 12.0 Å². The van der Waals surface area contributed by atoms with Crippen LogP contribution in [0.3, 0.4) is 0 Å². The third-order valence-corrected chi connectivity index (χ3v) is 2.44. The number of rotatable bonds is 5. The first-order valence-electron chi connectivity index (χ1n) is 5.27. The second kappa shape index (κ2) is 5.92. The van der Waals surface area contributed by atoms with E-state index in [1.165, 1.54) is 19.1 Å². The van der Waals surface area contributed by atoms with Gasteiger partial charge in [0.25, 0.3) is 5.69 Å². The minimum atomic E-state index is -1.20. The van der Waals surface area contributed by atoms with Crippen LogP contribution in [-0.2, 0) is 0 Å². The van der Waals surface area contributed by atoms with E-state index < -0.39 is 10.9 Å². The van der Waals surface area contributed by atoms with Crippen LogP contribution in [0.1, 0.15) is 27.9 Å². The Balaban J connectivity index is 3.29. The van der Waals surface area contributed by atoms with Gasteiger partial charge in [0.2, 0.25) is 0 Å². The first-order valence-corrected chi connectivity index (χ1v) is 5.27. The van der Waals surface area contributed by atoms with Crippen LogP contribution in [0.15, 0.2) is 18.2 Å². The lowest BCUT2D eigenvalue weighted by molar-refractivity contribution is -0.385. The zero-order valence-corrected chi connectivity index (χ0v) is 9.79. The molecular weight excluding hydrogens is 238 g/mol. The summed E-state index contributed by atoms with van der Waals surface area (Å²) >= 11 is 0. The Morgan fingerprint density at radius 2 is 2.17 bits per heavy atom. The molecule has 96 valence electrons. The SMILES string of the molecule is Cc1c(C(=O)O)cc(C=CCCO)cc1[N+](=O)[O-]. The van der Waals surface area contributed by atoms with E-state index in [9.17, 15) is 14.9 Å². The maximum Gasteiger partial charge on any atom is 0.336 e. The number of hydrogen-bond acceptors (Lipinski definition) is 4. The smallest absolute Gasteiger partial charge is 0.336 e. The number of carbonyl (C=O) groups is 1. The van der Waals surface area contributed by atoms with Crippen LogP contribution in [0.2, 0.25) is 0 Å². The van der Waals surface area contributed by atoms with Gasteiger partial charge in [-0.25, -0.2) is 4.79 Å². The average Bonchev–Trinajstić information content (AvgIpc) is 2.30. The summed E-state index contributed by atoms with van der Waals surface area (Å²) in [6, 6.07) is 2.69. The lowest BCUT2D eigenvalue weighted by Crippen LogP contribution is -2.03. The molecule has 0 heterocycles. The Morgan fingerprint density at radius 1 is 1.50 bits per heavy atom. The molecule has 6 nitrogen and oxygen atoms in total. The van der Waals surface area contributed by atoms with Gasteiger partial charge in [-0.15, -0.1) is 0 Å². The van der Waals surface area contributed by atoms with Gasteiger partial charge in [0.1, 0.15) is 0 Å². The van der Waals surface area contributed by atoms with Gasteiger partial charge in [-0.2, -0.15) is 0 Å². The first kappa shape index (κ1) is 13.9.